The highest BCUT2D eigenvalue weighted by Gasteiger charge is 2.13. The van der Waals surface area contributed by atoms with Gasteiger partial charge in [0.1, 0.15) is 49.2 Å². The Labute approximate surface area is 663 Å². The summed E-state index contributed by atoms with van der Waals surface area (Å²) < 4.78 is 442. The fraction of sp³-hybridized carbons (Fsp3) is 0.429. The highest BCUT2D eigenvalue weighted by atomic mass is 16.5. The minimum absolute atomic E-state index is 0.0601. The number of rotatable bonds is 40. The van der Waals surface area contributed by atoms with Crippen molar-refractivity contribution >= 4 is 0 Å². The van der Waals surface area contributed by atoms with Crippen LogP contribution in [0.2, 0.25) is 0 Å². The lowest BCUT2D eigenvalue weighted by atomic mass is 10.0. The highest BCUT2D eigenvalue weighted by molar-refractivity contribution is 5.46. The van der Waals surface area contributed by atoms with Crippen molar-refractivity contribution in [2.75, 3.05) is 82.8 Å². The van der Waals surface area contributed by atoms with Gasteiger partial charge in [0.05, 0.1) is 114 Å². The van der Waals surface area contributed by atoms with E-state index in [1.807, 2.05) is 0 Å². The van der Waals surface area contributed by atoms with Crippen molar-refractivity contribution in [3.8, 4) is 69.0 Å². The average molecular weight is 1430 g/mol. The molecule has 0 saturated carbocycles. The van der Waals surface area contributed by atoms with Crippen LogP contribution in [-0.2, 0) is 25.5 Å². The van der Waals surface area contributed by atoms with Crippen LogP contribution in [0.25, 0.3) is 0 Å². The summed E-state index contributed by atoms with van der Waals surface area (Å²) in [5.41, 5.74) is 1.01. The number of aliphatic hydroxyl groups is 4. The Morgan fingerprint density at radius 2 is 0.520 bits per heavy atom. The quantitative estimate of drug-likeness (QED) is 0.0283. The molecule has 16 heteroatoms. The first kappa shape index (κ1) is 36.2. The molecule has 0 aliphatic rings. The van der Waals surface area contributed by atoms with E-state index in [9.17, 15) is 20.4 Å². The second-order valence-corrected chi connectivity index (χ2v) is 20.0. The van der Waals surface area contributed by atoms with Crippen molar-refractivity contribution < 1.29 is 143 Å². The Hall–Kier alpha value is -8.80. The molecule has 0 heterocycles. The first-order valence-corrected chi connectivity index (χ1v) is 29.7. The van der Waals surface area contributed by atoms with Gasteiger partial charge in [-0.25, -0.2) is 0 Å². The Morgan fingerprint density at radius 1 is 0.300 bits per heavy atom. The van der Waals surface area contributed by atoms with Crippen LogP contribution in [0.4, 0.5) is 0 Å². The second kappa shape index (κ2) is 47.3. The van der Waals surface area contributed by atoms with E-state index in [-0.39, 0.29) is 62.9 Å². The summed E-state index contributed by atoms with van der Waals surface area (Å²) in [6, 6.07) is 36.1. The molecule has 8 aromatic rings. The van der Waals surface area contributed by atoms with Gasteiger partial charge < -0.3 is 77.3 Å². The standard InChI is InChI=1S/4C21H28O4/c4*1-16-7-6-10-19(13-16)25-15-18(22)9-5-4-8-17-11-12-20(23-2)21(14-17)24-3/h4*6-7,10-14,18,22H,4-5,8-9,15H2,1-3H3/i2D3,3D3,4D2,8D2,9D2,15D2,18D;3D3,4D2,8D2,9D2,15D2,18D;2D3,4D2,8D2,9D2,15D2,18D;4D2,8D2,9D2,15D2,18D. The van der Waals surface area contributed by atoms with Crippen molar-refractivity contribution in [3.05, 3.63) is 214 Å². The molecule has 0 saturated heterocycles. The zero-order chi connectivity index (χ0) is 115. The lowest BCUT2D eigenvalue weighted by Crippen LogP contribution is -2.17. The number of hydrogen-bond donors (Lipinski definition) is 4. The van der Waals surface area contributed by atoms with Crippen LogP contribution in [0.3, 0.4) is 0 Å². The van der Waals surface area contributed by atoms with Crippen molar-refractivity contribution in [2.45, 2.75) is 154 Å². The molecule has 0 aliphatic carbocycles. The fourth-order valence-electron chi connectivity index (χ4n) is 7.71. The maximum absolute atomic E-state index is 10.7. The Balaban J connectivity index is 0.000000347. The smallest absolute Gasteiger partial charge is 0.160 e. The third kappa shape index (κ3) is 32.0. The van der Waals surface area contributed by atoms with E-state index in [0.717, 1.165) is 55.6 Å². The van der Waals surface area contributed by atoms with Gasteiger partial charge in [0.25, 0.3) is 0 Å². The van der Waals surface area contributed by atoms with E-state index in [0.29, 0.717) is 28.3 Å². The molecule has 0 aromatic heterocycles. The normalized spacial score (nSPS) is 23.0. The minimum Gasteiger partial charge on any atom is -0.493 e. The molecule has 100 heavy (non-hydrogen) atoms. The molecule has 0 radical (unpaired) electrons. The Bertz CT molecular complexity index is 5780. The summed E-state index contributed by atoms with van der Waals surface area (Å²) in [4.78, 5) is 0. The topological polar surface area (TPSA) is 192 Å². The van der Waals surface area contributed by atoms with Gasteiger partial charge in [-0.15, -0.1) is 0 Å². The highest BCUT2D eigenvalue weighted by Crippen LogP contribution is 2.32. The summed E-state index contributed by atoms with van der Waals surface area (Å²) in [5.74, 6) is -2.37. The van der Waals surface area contributed by atoms with Gasteiger partial charge in [0.15, 0.2) is 46.0 Å². The molecule has 0 amide bonds. The van der Waals surface area contributed by atoms with Gasteiger partial charge in [-0.3, -0.25) is 0 Å². The maximum Gasteiger partial charge on any atom is 0.160 e. The van der Waals surface area contributed by atoms with E-state index in [2.05, 4.69) is 4.74 Å². The molecule has 0 fully saturated rings. The Kier molecular flexibility index (Phi) is 17.1. The predicted molar refractivity (Wildman–Crippen MR) is 399 cm³/mol. The molecule has 0 aliphatic heterocycles. The SMILES string of the molecule is [2H]C([2H])(CC([2H])([2H])C([2H])(O)C([2H])([2H])Oc1cccc(C)c1)C([2H])([2H])c1ccc(OC)c(OC)c1.[2H]C([2H])([2H])Oc1cc(C([2H])([2H])C([2H])([2H])CC([2H])([2H])C([2H])(O)C([2H])([2H])Oc2cccc(C)c2)ccc1OC.[2H]C([2H])([2H])Oc1ccc(C([2H])([2H])C([2H])([2H])CC([2H])([2H])C([2H])(O)C([2H])([2H])Oc2cccc(C)c2)cc1OC.[2H]C([2H])([2H])Oc1ccc(C([2H])([2H])C([2H])([2H])CC([2H])([2H])C([2H])(O)C([2H])([2H])Oc2cccc(C)c2)cc1OC([2H])([2H])[2H]. The van der Waals surface area contributed by atoms with Crippen LogP contribution in [-0.4, -0.2) is 128 Å². The number of benzene rings is 8. The first-order valence-electron chi connectivity index (χ1n) is 53.7. The van der Waals surface area contributed by atoms with Gasteiger partial charge in [0, 0.05) is 32.9 Å². The number of aryl methyl sites for hydroxylation is 8. The number of hydrogen-bond acceptors (Lipinski definition) is 16. The van der Waals surface area contributed by atoms with Crippen molar-refractivity contribution in [1.82, 2.24) is 0 Å². The average Bonchev–Trinajstić information content (AvgIpc) is 0.747. The third-order valence-electron chi connectivity index (χ3n) is 12.4. The van der Waals surface area contributed by atoms with E-state index >= 15 is 0 Å². The van der Waals surface area contributed by atoms with Crippen molar-refractivity contribution in [1.29, 1.82) is 0 Å². The largest absolute Gasteiger partial charge is 0.493 e. The molecule has 0 bridgehead atoms. The minimum atomic E-state index is -3.76. The molecule has 4 atom stereocenters. The van der Waals surface area contributed by atoms with E-state index < -0.39 is 209 Å². The molecule has 0 spiro atoms. The number of ether oxygens (including phenoxy) is 12. The first-order chi connectivity index (χ1) is 66.2. The fourth-order valence-corrected chi connectivity index (χ4v) is 7.71. The third-order valence-corrected chi connectivity index (χ3v) is 12.4. The lowest BCUT2D eigenvalue weighted by molar-refractivity contribution is 0.0976. The van der Waals surface area contributed by atoms with Crippen LogP contribution >= 0.6 is 0 Å². The van der Waals surface area contributed by atoms with Gasteiger partial charge in [-0.1, -0.05) is 98.5 Å². The summed E-state index contributed by atoms with van der Waals surface area (Å²) in [7, 11) is -6.88. The van der Waals surface area contributed by atoms with Crippen molar-refractivity contribution in [3.63, 3.8) is 0 Å². The molecule has 16 nitrogen and oxygen atoms in total. The second-order valence-electron chi connectivity index (χ2n) is 20.0. The van der Waals surface area contributed by atoms with Gasteiger partial charge >= 0.3 is 0 Å². The van der Waals surface area contributed by atoms with Crippen LogP contribution < -0.4 is 56.8 Å². The summed E-state index contributed by atoms with van der Waals surface area (Å²) >= 11 is 0. The maximum atomic E-state index is 10.7. The zero-order valence-corrected chi connectivity index (χ0v) is 55.7. The molecular weight excluding hydrogens is 1260 g/mol. The van der Waals surface area contributed by atoms with E-state index in [1.54, 1.807) is 58.0 Å². The predicted octanol–water partition coefficient (Wildman–Crippen LogP) is 16.7. The van der Waals surface area contributed by atoms with E-state index in [4.69, 9.17) is 118 Å². The van der Waals surface area contributed by atoms with Gasteiger partial charge in [-0.05, 0) is 246 Å². The van der Waals surface area contributed by atoms with Crippen LogP contribution in [0.5, 0.6) is 69.0 Å². The molecule has 4 unspecified atom stereocenters. The Morgan fingerprint density at radius 3 is 0.740 bits per heavy atom. The van der Waals surface area contributed by atoms with Crippen LogP contribution in [0.15, 0.2) is 170 Å². The summed E-state index contributed by atoms with van der Waals surface area (Å²) in [5, 5.41) is 42.6. The summed E-state index contributed by atoms with van der Waals surface area (Å²) in [6.07, 6.45) is -58.7. The van der Waals surface area contributed by atoms with Crippen LogP contribution in [0.1, 0.15) is 187 Å². The summed E-state index contributed by atoms with van der Waals surface area (Å²) in [6.45, 7) is -6.78. The van der Waals surface area contributed by atoms with Crippen molar-refractivity contribution in [2.24, 2.45) is 0 Å². The molecular formula is C84H112O16. The van der Waals surface area contributed by atoms with Gasteiger partial charge in [-0.2, -0.15) is 0 Å². The lowest BCUT2D eigenvalue weighted by Gasteiger charge is -2.13. The monoisotopic (exact) mass is 1430 g/mol. The van der Waals surface area contributed by atoms with Gasteiger partial charge in [0.2, 0.25) is 0 Å². The molecule has 4 N–H and O–H groups in total. The number of methoxy groups -OCH3 is 8. The van der Waals surface area contributed by atoms with E-state index in [1.165, 1.54) is 106 Å². The molecule has 8 aromatic carbocycles. The van der Waals surface area contributed by atoms with Crippen LogP contribution in [0, 0.1) is 27.7 Å². The molecule has 8 rings (SSSR count). The molecule has 544 valence electrons. The zero-order valence-electron chi connectivity index (χ0n) is 104.